The first-order chi connectivity index (χ1) is 10.0. The van der Waals surface area contributed by atoms with Gasteiger partial charge < -0.3 is 14.6 Å². The van der Waals surface area contributed by atoms with E-state index in [-0.39, 0.29) is 5.91 Å². The maximum atomic E-state index is 12.6. The molecule has 0 aliphatic carbocycles. The molecule has 0 radical (unpaired) electrons. The van der Waals surface area contributed by atoms with E-state index >= 15 is 0 Å². The molecule has 1 aliphatic rings. The Morgan fingerprint density at radius 2 is 2.05 bits per heavy atom. The first kappa shape index (κ1) is 13.9. The van der Waals surface area contributed by atoms with Crippen molar-refractivity contribution in [1.29, 1.82) is 0 Å². The fourth-order valence-electron chi connectivity index (χ4n) is 2.97. The molecular formula is C15H20N4O2. The molecule has 0 spiro atoms. The minimum absolute atomic E-state index is 0.0763. The third-order valence-electron chi connectivity index (χ3n) is 3.96. The summed E-state index contributed by atoms with van der Waals surface area (Å²) in [7, 11) is 1.82. The number of aromatic nitrogens is 3. The van der Waals surface area contributed by atoms with Crippen molar-refractivity contribution in [1.82, 2.24) is 19.2 Å². The van der Waals surface area contributed by atoms with E-state index in [4.69, 9.17) is 0 Å². The molecule has 1 amide bonds. The zero-order valence-corrected chi connectivity index (χ0v) is 12.4. The summed E-state index contributed by atoms with van der Waals surface area (Å²) in [5, 5.41) is 14.4. The van der Waals surface area contributed by atoms with Gasteiger partial charge in [0.15, 0.2) is 0 Å². The van der Waals surface area contributed by atoms with Crippen molar-refractivity contribution in [2.45, 2.75) is 25.4 Å². The summed E-state index contributed by atoms with van der Waals surface area (Å²) >= 11 is 0. The number of aliphatic hydroxyl groups is 1. The smallest absolute Gasteiger partial charge is 0.259 e. The molecule has 0 bridgehead atoms. The summed E-state index contributed by atoms with van der Waals surface area (Å²) in [5.41, 5.74) is -0.146. The maximum absolute atomic E-state index is 12.6. The van der Waals surface area contributed by atoms with Gasteiger partial charge in [-0.25, -0.2) is 0 Å². The first-order valence-electron chi connectivity index (χ1n) is 7.21. The quantitative estimate of drug-likeness (QED) is 0.919. The normalized spacial score (nSPS) is 16.8. The molecule has 6 heteroatoms. The Kier molecular flexibility index (Phi) is 3.33. The number of hydrogen-bond acceptors (Lipinski definition) is 3. The van der Waals surface area contributed by atoms with Crippen LogP contribution in [0.2, 0.25) is 0 Å². The van der Waals surface area contributed by atoms with Crippen molar-refractivity contribution in [2.24, 2.45) is 7.05 Å². The van der Waals surface area contributed by atoms with Gasteiger partial charge in [-0.3, -0.25) is 9.48 Å². The summed E-state index contributed by atoms with van der Waals surface area (Å²) in [4.78, 5) is 14.3. The molecule has 0 saturated carbocycles. The van der Waals surface area contributed by atoms with E-state index in [1.54, 1.807) is 15.8 Å². The molecule has 0 aromatic carbocycles. The van der Waals surface area contributed by atoms with Gasteiger partial charge in [0, 0.05) is 19.4 Å². The average molecular weight is 288 g/mol. The van der Waals surface area contributed by atoms with Crippen LogP contribution in [0.3, 0.4) is 0 Å². The molecule has 21 heavy (non-hydrogen) atoms. The van der Waals surface area contributed by atoms with Crippen molar-refractivity contribution in [3.05, 3.63) is 36.3 Å². The van der Waals surface area contributed by atoms with Crippen LogP contribution < -0.4 is 0 Å². The minimum atomic E-state index is -0.708. The number of amides is 1. The highest BCUT2D eigenvalue weighted by molar-refractivity contribution is 5.97. The molecule has 2 aromatic rings. The van der Waals surface area contributed by atoms with E-state index in [0.29, 0.717) is 18.7 Å². The Hall–Kier alpha value is -2.08. The molecule has 1 saturated heterocycles. The molecule has 1 fully saturated rings. The zero-order chi connectivity index (χ0) is 15.0. The van der Waals surface area contributed by atoms with Crippen LogP contribution in [0.1, 0.15) is 30.1 Å². The van der Waals surface area contributed by atoms with E-state index in [1.165, 1.54) is 0 Å². The molecule has 2 aromatic heterocycles. The van der Waals surface area contributed by atoms with E-state index in [0.717, 1.165) is 18.7 Å². The summed E-state index contributed by atoms with van der Waals surface area (Å²) in [5.74, 6) is 0.670. The number of aryl methyl sites for hydroxylation is 1. The van der Waals surface area contributed by atoms with Gasteiger partial charge in [0.05, 0.1) is 24.9 Å². The predicted molar refractivity (Wildman–Crippen MR) is 78.3 cm³/mol. The van der Waals surface area contributed by atoms with Crippen LogP contribution in [0.4, 0.5) is 0 Å². The largest absolute Gasteiger partial charge is 0.386 e. The van der Waals surface area contributed by atoms with Gasteiger partial charge >= 0.3 is 0 Å². The number of nitrogens with zero attached hydrogens (tertiary/aromatic N) is 4. The molecule has 1 N–H and O–H groups in total. The van der Waals surface area contributed by atoms with Crippen LogP contribution in [0.25, 0.3) is 5.82 Å². The molecule has 112 valence electrons. The Balaban J connectivity index is 1.81. The number of carbonyl (C=O) groups is 1. The van der Waals surface area contributed by atoms with Crippen LogP contribution in [0.5, 0.6) is 0 Å². The van der Waals surface area contributed by atoms with E-state index in [2.05, 4.69) is 5.10 Å². The fraction of sp³-hybridized carbons (Fsp3) is 0.467. The summed E-state index contributed by atoms with van der Waals surface area (Å²) in [6.07, 6.45) is 7.01. The highest BCUT2D eigenvalue weighted by Gasteiger charge is 2.43. The van der Waals surface area contributed by atoms with Crippen LogP contribution in [-0.4, -0.2) is 49.0 Å². The second-order valence-corrected chi connectivity index (χ2v) is 5.73. The summed E-state index contributed by atoms with van der Waals surface area (Å²) in [6.45, 7) is 2.84. The number of hydrogen-bond donors (Lipinski definition) is 1. The first-order valence-corrected chi connectivity index (χ1v) is 7.21. The van der Waals surface area contributed by atoms with Crippen molar-refractivity contribution in [3.8, 4) is 5.82 Å². The molecule has 0 unspecified atom stereocenters. The Bertz CT molecular complexity index is 639. The van der Waals surface area contributed by atoms with Crippen LogP contribution >= 0.6 is 0 Å². The van der Waals surface area contributed by atoms with Crippen molar-refractivity contribution >= 4 is 5.91 Å². The zero-order valence-electron chi connectivity index (χ0n) is 12.4. The molecule has 6 nitrogen and oxygen atoms in total. The van der Waals surface area contributed by atoms with Gasteiger partial charge in [-0.15, -0.1) is 0 Å². The highest BCUT2D eigenvalue weighted by Crippen LogP contribution is 2.28. The van der Waals surface area contributed by atoms with E-state index < -0.39 is 5.60 Å². The van der Waals surface area contributed by atoms with Gasteiger partial charge in [-0.05, 0) is 18.6 Å². The molecule has 3 rings (SSSR count). The lowest BCUT2D eigenvalue weighted by molar-refractivity contribution is -0.0860. The topological polar surface area (TPSA) is 63.3 Å². The monoisotopic (exact) mass is 288 g/mol. The molecule has 3 heterocycles. The van der Waals surface area contributed by atoms with E-state index in [9.17, 15) is 9.90 Å². The second kappa shape index (κ2) is 5.04. The van der Waals surface area contributed by atoms with Crippen molar-refractivity contribution < 1.29 is 9.90 Å². The van der Waals surface area contributed by atoms with Crippen LogP contribution in [0.15, 0.2) is 30.7 Å². The average Bonchev–Trinajstić information content (AvgIpc) is 3.04. The standard InChI is InChI=1S/C15H20N4O2/c1-3-6-15(21)10-19(11-15)14(20)12-9-16-17(2)13(12)18-7-4-5-8-18/h4-5,7-9,21H,3,6,10-11H2,1-2H3. The summed E-state index contributed by atoms with van der Waals surface area (Å²) < 4.78 is 3.56. The van der Waals surface area contributed by atoms with Crippen LogP contribution in [-0.2, 0) is 7.05 Å². The Morgan fingerprint density at radius 3 is 2.67 bits per heavy atom. The Labute approximate surface area is 123 Å². The van der Waals surface area contributed by atoms with Gasteiger partial charge in [-0.1, -0.05) is 13.3 Å². The number of rotatable bonds is 4. The lowest BCUT2D eigenvalue weighted by atomic mass is 9.89. The third-order valence-corrected chi connectivity index (χ3v) is 3.96. The van der Waals surface area contributed by atoms with Gasteiger partial charge in [0.2, 0.25) is 0 Å². The van der Waals surface area contributed by atoms with Gasteiger partial charge in [-0.2, -0.15) is 5.10 Å². The predicted octanol–water partition coefficient (Wildman–Crippen LogP) is 1.20. The number of β-amino-alcohol motifs (C(OH)–C–C–N with tert-alkyl or cyclic N) is 1. The van der Waals surface area contributed by atoms with Crippen LogP contribution in [0, 0.1) is 0 Å². The fourth-order valence-corrected chi connectivity index (χ4v) is 2.97. The van der Waals surface area contributed by atoms with Crippen molar-refractivity contribution in [3.63, 3.8) is 0 Å². The summed E-state index contributed by atoms with van der Waals surface area (Å²) in [6, 6.07) is 3.82. The second-order valence-electron chi connectivity index (χ2n) is 5.73. The third kappa shape index (κ3) is 2.35. The molecular weight excluding hydrogens is 268 g/mol. The lowest BCUT2D eigenvalue weighted by Crippen LogP contribution is -2.63. The van der Waals surface area contributed by atoms with Gasteiger partial charge in [0.25, 0.3) is 5.91 Å². The number of likely N-dealkylation sites (tertiary alicyclic amines) is 1. The molecule has 0 atom stereocenters. The van der Waals surface area contributed by atoms with Gasteiger partial charge in [0.1, 0.15) is 11.4 Å². The number of carbonyl (C=O) groups excluding carboxylic acids is 1. The maximum Gasteiger partial charge on any atom is 0.259 e. The highest BCUT2D eigenvalue weighted by atomic mass is 16.3. The molecule has 1 aliphatic heterocycles. The SMILES string of the molecule is CCCC1(O)CN(C(=O)c2cnn(C)c2-n2cccc2)C1. The van der Waals surface area contributed by atoms with Crippen molar-refractivity contribution in [2.75, 3.05) is 13.1 Å². The lowest BCUT2D eigenvalue weighted by Gasteiger charge is -2.46. The van der Waals surface area contributed by atoms with E-state index in [1.807, 2.05) is 43.1 Å². The minimum Gasteiger partial charge on any atom is -0.386 e. The Morgan fingerprint density at radius 1 is 1.38 bits per heavy atom.